The van der Waals surface area contributed by atoms with Gasteiger partial charge in [-0.15, -0.1) is 5.10 Å². The monoisotopic (exact) mass is 153 g/mol. The van der Waals surface area contributed by atoms with Crippen molar-refractivity contribution in [2.24, 2.45) is 0 Å². The van der Waals surface area contributed by atoms with Gasteiger partial charge in [0.2, 0.25) is 0 Å². The van der Waals surface area contributed by atoms with Gasteiger partial charge >= 0.3 is 0 Å². The quantitative estimate of drug-likeness (QED) is 0.617. The van der Waals surface area contributed by atoms with Gasteiger partial charge in [0.15, 0.2) is 6.39 Å². The number of hydrogen-bond donors (Lipinski definition) is 0. The van der Waals surface area contributed by atoms with Gasteiger partial charge in [0.05, 0.1) is 0 Å². The van der Waals surface area contributed by atoms with E-state index in [9.17, 15) is 0 Å². The SMILES string of the molecule is c1nc(-c2csnn2)co1. The summed E-state index contributed by atoms with van der Waals surface area (Å²) < 4.78 is 8.45. The van der Waals surface area contributed by atoms with Crippen molar-refractivity contribution >= 4 is 11.5 Å². The predicted molar refractivity (Wildman–Crippen MR) is 35.4 cm³/mol. The molecule has 0 spiro atoms. The van der Waals surface area contributed by atoms with E-state index in [-0.39, 0.29) is 0 Å². The Morgan fingerprint density at radius 2 is 2.40 bits per heavy atom. The van der Waals surface area contributed by atoms with E-state index in [0.717, 1.165) is 11.4 Å². The first-order chi connectivity index (χ1) is 4.97. The summed E-state index contributed by atoms with van der Waals surface area (Å²) in [7, 11) is 0. The first kappa shape index (κ1) is 5.55. The van der Waals surface area contributed by atoms with E-state index < -0.39 is 0 Å². The van der Waals surface area contributed by atoms with Crippen LogP contribution in [0.15, 0.2) is 22.5 Å². The minimum atomic E-state index is 0.730. The first-order valence-electron chi connectivity index (χ1n) is 2.62. The number of rotatable bonds is 1. The van der Waals surface area contributed by atoms with Crippen molar-refractivity contribution < 1.29 is 4.42 Å². The Morgan fingerprint density at radius 3 is 3.00 bits per heavy atom. The van der Waals surface area contributed by atoms with Crippen LogP contribution in [-0.2, 0) is 0 Å². The summed E-state index contributed by atoms with van der Waals surface area (Å²) in [6.45, 7) is 0. The van der Waals surface area contributed by atoms with Crippen molar-refractivity contribution in [3.8, 4) is 11.4 Å². The molecule has 0 saturated heterocycles. The van der Waals surface area contributed by atoms with Gasteiger partial charge in [-0.1, -0.05) is 4.49 Å². The summed E-state index contributed by atoms with van der Waals surface area (Å²) in [5.41, 5.74) is 1.49. The van der Waals surface area contributed by atoms with Crippen molar-refractivity contribution in [1.82, 2.24) is 14.6 Å². The fourth-order valence-electron chi connectivity index (χ4n) is 0.615. The molecule has 5 heteroatoms. The molecule has 0 amide bonds. The first-order valence-corrected chi connectivity index (χ1v) is 3.46. The third-order valence-electron chi connectivity index (χ3n) is 1.05. The summed E-state index contributed by atoms with van der Waals surface area (Å²) in [5.74, 6) is 0. The molecule has 0 atom stereocenters. The third kappa shape index (κ3) is 0.801. The highest BCUT2D eigenvalue weighted by Gasteiger charge is 2.01. The third-order valence-corrected chi connectivity index (χ3v) is 1.56. The number of hydrogen-bond acceptors (Lipinski definition) is 5. The van der Waals surface area contributed by atoms with E-state index in [0.29, 0.717) is 0 Å². The normalized spacial score (nSPS) is 10.0. The van der Waals surface area contributed by atoms with Crippen LogP contribution in [0.4, 0.5) is 0 Å². The zero-order chi connectivity index (χ0) is 6.81. The summed E-state index contributed by atoms with van der Waals surface area (Å²) in [5, 5.41) is 5.62. The molecule has 2 aromatic heterocycles. The number of nitrogens with zero attached hydrogens (tertiary/aromatic N) is 3. The van der Waals surface area contributed by atoms with Crippen molar-refractivity contribution in [2.45, 2.75) is 0 Å². The van der Waals surface area contributed by atoms with E-state index in [1.807, 2.05) is 5.38 Å². The molecular formula is C5H3N3OS. The molecule has 10 heavy (non-hydrogen) atoms. The predicted octanol–water partition coefficient (Wildman–Crippen LogP) is 1.19. The van der Waals surface area contributed by atoms with Gasteiger partial charge in [0.25, 0.3) is 0 Å². The van der Waals surface area contributed by atoms with Crippen LogP contribution in [0.1, 0.15) is 0 Å². The largest absolute Gasteiger partial charge is 0.451 e. The Bertz CT molecular complexity index is 256. The lowest BCUT2D eigenvalue weighted by molar-refractivity contribution is 0.558. The second-order valence-electron chi connectivity index (χ2n) is 1.66. The van der Waals surface area contributed by atoms with Crippen molar-refractivity contribution in [2.75, 3.05) is 0 Å². The molecule has 0 aliphatic carbocycles. The molecular weight excluding hydrogens is 150 g/mol. The van der Waals surface area contributed by atoms with Crippen LogP contribution in [0.3, 0.4) is 0 Å². The van der Waals surface area contributed by atoms with Crippen LogP contribution < -0.4 is 0 Å². The molecule has 2 aromatic rings. The average Bonchev–Trinajstić information content (AvgIpc) is 2.59. The molecule has 0 saturated carbocycles. The molecule has 0 aromatic carbocycles. The van der Waals surface area contributed by atoms with Gasteiger partial charge in [-0.3, -0.25) is 0 Å². The Labute approximate surface area is 60.7 Å². The molecule has 0 unspecified atom stereocenters. The summed E-state index contributed by atoms with van der Waals surface area (Å²) in [6, 6.07) is 0. The lowest BCUT2D eigenvalue weighted by Crippen LogP contribution is -1.74. The summed E-state index contributed by atoms with van der Waals surface area (Å²) in [6.07, 6.45) is 2.91. The van der Waals surface area contributed by atoms with Crippen LogP contribution in [0.2, 0.25) is 0 Å². The second-order valence-corrected chi connectivity index (χ2v) is 2.27. The van der Waals surface area contributed by atoms with Crippen LogP contribution in [-0.4, -0.2) is 14.6 Å². The van der Waals surface area contributed by atoms with E-state index in [2.05, 4.69) is 14.6 Å². The van der Waals surface area contributed by atoms with Crippen LogP contribution >= 0.6 is 11.5 Å². The Kier molecular flexibility index (Phi) is 1.21. The highest BCUT2D eigenvalue weighted by atomic mass is 32.1. The van der Waals surface area contributed by atoms with E-state index in [1.165, 1.54) is 24.2 Å². The zero-order valence-corrected chi connectivity index (χ0v) is 5.71. The Hall–Kier alpha value is -1.23. The van der Waals surface area contributed by atoms with Crippen LogP contribution in [0.25, 0.3) is 11.4 Å². The minimum Gasteiger partial charge on any atom is -0.451 e. The number of aromatic nitrogens is 3. The molecule has 0 aliphatic heterocycles. The molecule has 50 valence electrons. The molecule has 4 nitrogen and oxygen atoms in total. The van der Waals surface area contributed by atoms with Crippen LogP contribution in [0.5, 0.6) is 0 Å². The summed E-state index contributed by atoms with van der Waals surface area (Å²) in [4.78, 5) is 3.90. The Morgan fingerprint density at radius 1 is 1.40 bits per heavy atom. The van der Waals surface area contributed by atoms with Crippen molar-refractivity contribution in [3.63, 3.8) is 0 Å². The maximum atomic E-state index is 4.76. The molecule has 2 rings (SSSR count). The standard InChI is InChI=1S/C5H3N3OS/c1-4(6-3-9-1)5-2-10-8-7-5/h1-3H. The van der Waals surface area contributed by atoms with Crippen LogP contribution in [0, 0.1) is 0 Å². The van der Waals surface area contributed by atoms with Gasteiger partial charge in [-0.2, -0.15) is 0 Å². The van der Waals surface area contributed by atoms with Gasteiger partial charge in [0.1, 0.15) is 17.7 Å². The highest BCUT2D eigenvalue weighted by molar-refractivity contribution is 7.03. The Balaban J connectivity index is 2.48. The lowest BCUT2D eigenvalue weighted by atomic mass is 10.4. The zero-order valence-electron chi connectivity index (χ0n) is 4.89. The van der Waals surface area contributed by atoms with Gasteiger partial charge in [0, 0.05) is 5.38 Å². The maximum absolute atomic E-state index is 4.76. The fraction of sp³-hybridized carbons (Fsp3) is 0. The van der Waals surface area contributed by atoms with Gasteiger partial charge in [-0.05, 0) is 11.5 Å². The van der Waals surface area contributed by atoms with E-state index >= 15 is 0 Å². The van der Waals surface area contributed by atoms with Gasteiger partial charge in [-0.25, -0.2) is 4.98 Å². The van der Waals surface area contributed by atoms with Crippen molar-refractivity contribution in [3.05, 3.63) is 18.0 Å². The highest BCUT2D eigenvalue weighted by Crippen LogP contribution is 2.13. The van der Waals surface area contributed by atoms with E-state index in [4.69, 9.17) is 4.42 Å². The fourth-order valence-corrected chi connectivity index (χ4v) is 1.07. The average molecular weight is 153 g/mol. The molecule has 0 radical (unpaired) electrons. The maximum Gasteiger partial charge on any atom is 0.181 e. The second kappa shape index (κ2) is 2.18. The summed E-state index contributed by atoms with van der Waals surface area (Å²) >= 11 is 1.30. The smallest absolute Gasteiger partial charge is 0.181 e. The molecule has 0 fully saturated rings. The lowest BCUT2D eigenvalue weighted by Gasteiger charge is -1.78. The van der Waals surface area contributed by atoms with E-state index in [1.54, 1.807) is 0 Å². The molecule has 0 N–H and O–H groups in total. The minimum absolute atomic E-state index is 0.730. The molecule has 0 bridgehead atoms. The molecule has 2 heterocycles. The topological polar surface area (TPSA) is 51.8 Å². The van der Waals surface area contributed by atoms with Gasteiger partial charge < -0.3 is 4.42 Å². The van der Waals surface area contributed by atoms with Crippen molar-refractivity contribution in [1.29, 1.82) is 0 Å². The number of oxazole rings is 1. The molecule has 0 aliphatic rings.